The Balaban J connectivity index is 1.66. The van der Waals surface area contributed by atoms with Gasteiger partial charge >= 0.3 is 0 Å². The minimum absolute atomic E-state index is 0.0452. The first-order chi connectivity index (χ1) is 15.5. The smallest absolute Gasteiger partial charge is 0.253 e. The molecule has 1 aromatic carbocycles. The van der Waals surface area contributed by atoms with Gasteiger partial charge in [-0.15, -0.1) is 5.10 Å². The Morgan fingerprint density at radius 3 is 2.50 bits per heavy atom. The number of nitrogens with zero attached hydrogens (tertiary/aromatic N) is 5. The number of nitrogens with one attached hydrogen (secondary N) is 1. The van der Waals surface area contributed by atoms with Crippen LogP contribution in [0.3, 0.4) is 0 Å². The number of aryl methyl sites for hydroxylation is 2. The second-order valence-corrected chi connectivity index (χ2v) is 9.88. The third-order valence-corrected chi connectivity index (χ3v) is 7.63. The molecule has 2 aliphatic carbocycles. The van der Waals surface area contributed by atoms with Gasteiger partial charge in [0.25, 0.3) is 5.56 Å². The van der Waals surface area contributed by atoms with E-state index in [1.807, 2.05) is 4.68 Å². The fourth-order valence-corrected chi connectivity index (χ4v) is 5.92. The predicted octanol–water partition coefficient (Wildman–Crippen LogP) is 4.60. The highest BCUT2D eigenvalue weighted by molar-refractivity contribution is 5.83. The van der Waals surface area contributed by atoms with Crippen molar-refractivity contribution in [2.75, 3.05) is 7.05 Å². The van der Waals surface area contributed by atoms with Gasteiger partial charge < -0.3 is 4.98 Å². The molecule has 7 nitrogen and oxygen atoms in total. The first-order valence-corrected chi connectivity index (χ1v) is 12.2. The average Bonchev–Trinajstić information content (AvgIpc) is 3.47. The van der Waals surface area contributed by atoms with Crippen LogP contribution in [0.2, 0.25) is 0 Å². The number of aromatic nitrogens is 5. The number of fused-ring (bicyclic) bond motifs is 1. The predicted molar refractivity (Wildman–Crippen MR) is 126 cm³/mol. The Bertz CT molecular complexity index is 1150. The lowest BCUT2D eigenvalue weighted by Gasteiger charge is -2.36. The molecule has 170 valence electrons. The van der Waals surface area contributed by atoms with E-state index in [9.17, 15) is 4.79 Å². The Hall–Kier alpha value is -2.54. The molecule has 2 saturated carbocycles. The number of benzene rings is 1. The quantitative estimate of drug-likeness (QED) is 0.635. The summed E-state index contributed by atoms with van der Waals surface area (Å²) in [6.07, 6.45) is 10.7. The van der Waals surface area contributed by atoms with E-state index in [0.29, 0.717) is 12.1 Å². The first-order valence-electron chi connectivity index (χ1n) is 12.2. The molecule has 0 amide bonds. The summed E-state index contributed by atoms with van der Waals surface area (Å²) in [5, 5.41) is 14.1. The summed E-state index contributed by atoms with van der Waals surface area (Å²) in [5.74, 6) is 0.805. The molecular formula is C25H34N6O. The molecule has 7 heteroatoms. The Labute approximate surface area is 189 Å². The summed E-state index contributed by atoms with van der Waals surface area (Å²) in [4.78, 5) is 19.0. The van der Waals surface area contributed by atoms with E-state index >= 15 is 0 Å². The molecule has 0 spiro atoms. The standard InChI is InChI=1S/C25H34N6O/c1-16-13-17(2)20-15-21(25(32)26-22(20)14-16)23(30(3)18-9-5-4-6-10-18)24-27-28-29-31(24)19-11-7-8-12-19/h13-15,18-19,23H,4-12H2,1-3H3,(H,26,32). The van der Waals surface area contributed by atoms with Gasteiger partial charge in [0.15, 0.2) is 5.82 Å². The summed E-state index contributed by atoms with van der Waals surface area (Å²) >= 11 is 0. The Kier molecular flexibility index (Phi) is 5.84. The van der Waals surface area contributed by atoms with Crippen LogP contribution in [-0.4, -0.2) is 43.2 Å². The maximum Gasteiger partial charge on any atom is 0.253 e. The van der Waals surface area contributed by atoms with Crippen LogP contribution in [0, 0.1) is 13.8 Å². The molecule has 2 heterocycles. The summed E-state index contributed by atoms with van der Waals surface area (Å²) in [6.45, 7) is 4.17. The van der Waals surface area contributed by atoms with Crippen molar-refractivity contribution in [1.82, 2.24) is 30.1 Å². The van der Waals surface area contributed by atoms with E-state index in [4.69, 9.17) is 0 Å². The van der Waals surface area contributed by atoms with Crippen LogP contribution >= 0.6 is 0 Å². The number of aromatic amines is 1. The zero-order chi connectivity index (χ0) is 22.2. The SMILES string of the molecule is Cc1cc(C)c2cc(C(c3nnnn3C3CCCC3)N(C)C3CCCCC3)c(=O)[nH]c2c1. The molecule has 5 rings (SSSR count). The molecule has 32 heavy (non-hydrogen) atoms. The maximum atomic E-state index is 13.5. The van der Waals surface area contributed by atoms with Crippen LogP contribution in [-0.2, 0) is 0 Å². The van der Waals surface area contributed by atoms with Gasteiger partial charge in [-0.25, -0.2) is 4.68 Å². The fraction of sp³-hybridized carbons (Fsp3) is 0.600. The van der Waals surface area contributed by atoms with Gasteiger partial charge in [-0.05, 0) is 80.3 Å². The van der Waals surface area contributed by atoms with E-state index in [0.717, 1.165) is 53.5 Å². The monoisotopic (exact) mass is 434 g/mol. The van der Waals surface area contributed by atoms with Crippen molar-refractivity contribution >= 4 is 10.9 Å². The van der Waals surface area contributed by atoms with E-state index < -0.39 is 0 Å². The second-order valence-electron chi connectivity index (χ2n) is 9.88. The summed E-state index contributed by atoms with van der Waals surface area (Å²) < 4.78 is 2.02. The van der Waals surface area contributed by atoms with E-state index in [2.05, 4.69) is 64.5 Å². The fourth-order valence-electron chi connectivity index (χ4n) is 5.92. The third kappa shape index (κ3) is 3.87. The topological polar surface area (TPSA) is 79.7 Å². The zero-order valence-corrected chi connectivity index (χ0v) is 19.5. The normalized spacial score (nSPS) is 19.2. The van der Waals surface area contributed by atoms with Gasteiger partial charge in [0.05, 0.1) is 6.04 Å². The number of hydrogen-bond donors (Lipinski definition) is 1. The van der Waals surface area contributed by atoms with Crippen molar-refractivity contribution in [2.45, 2.75) is 89.8 Å². The van der Waals surface area contributed by atoms with Crippen LogP contribution in [0.25, 0.3) is 10.9 Å². The highest BCUT2D eigenvalue weighted by Crippen LogP contribution is 2.36. The molecule has 0 saturated heterocycles. The minimum atomic E-state index is -0.262. The summed E-state index contributed by atoms with van der Waals surface area (Å²) in [5.41, 5.74) is 3.92. The van der Waals surface area contributed by atoms with E-state index in [-0.39, 0.29) is 11.6 Å². The maximum absolute atomic E-state index is 13.5. The van der Waals surface area contributed by atoms with Gasteiger partial charge in [0.2, 0.25) is 0 Å². The van der Waals surface area contributed by atoms with Crippen LogP contribution < -0.4 is 5.56 Å². The zero-order valence-electron chi connectivity index (χ0n) is 19.5. The largest absolute Gasteiger partial charge is 0.322 e. The number of hydrogen-bond acceptors (Lipinski definition) is 5. The molecule has 0 aliphatic heterocycles. The minimum Gasteiger partial charge on any atom is -0.322 e. The van der Waals surface area contributed by atoms with Crippen molar-refractivity contribution in [3.63, 3.8) is 0 Å². The van der Waals surface area contributed by atoms with Gasteiger partial charge in [-0.3, -0.25) is 9.69 Å². The summed E-state index contributed by atoms with van der Waals surface area (Å²) in [6, 6.07) is 6.80. The first kappa shape index (κ1) is 21.3. The van der Waals surface area contributed by atoms with Crippen LogP contribution in [0.4, 0.5) is 0 Å². The molecule has 2 aromatic heterocycles. The van der Waals surface area contributed by atoms with E-state index in [1.54, 1.807) is 0 Å². The average molecular weight is 435 g/mol. The van der Waals surface area contributed by atoms with Crippen LogP contribution in [0.15, 0.2) is 23.0 Å². The lowest BCUT2D eigenvalue weighted by Crippen LogP contribution is -2.40. The number of pyridine rings is 1. The second kappa shape index (κ2) is 8.77. The van der Waals surface area contributed by atoms with Gasteiger partial charge in [-0.2, -0.15) is 0 Å². The number of rotatable bonds is 5. The molecule has 1 N–H and O–H groups in total. The van der Waals surface area contributed by atoms with Crippen molar-refractivity contribution < 1.29 is 0 Å². The third-order valence-electron chi connectivity index (χ3n) is 7.63. The van der Waals surface area contributed by atoms with Crippen LogP contribution in [0.5, 0.6) is 0 Å². The van der Waals surface area contributed by atoms with Gasteiger partial charge in [0, 0.05) is 22.5 Å². The van der Waals surface area contributed by atoms with Crippen molar-refractivity contribution in [2.24, 2.45) is 0 Å². The molecule has 2 aliphatic rings. The molecule has 3 aromatic rings. The van der Waals surface area contributed by atoms with Gasteiger partial charge in [0.1, 0.15) is 6.04 Å². The Morgan fingerprint density at radius 1 is 1.03 bits per heavy atom. The van der Waals surface area contributed by atoms with E-state index in [1.165, 1.54) is 37.7 Å². The molecule has 1 unspecified atom stereocenters. The highest BCUT2D eigenvalue weighted by Gasteiger charge is 2.35. The lowest BCUT2D eigenvalue weighted by atomic mass is 9.92. The van der Waals surface area contributed by atoms with Gasteiger partial charge in [-0.1, -0.05) is 38.2 Å². The lowest BCUT2D eigenvalue weighted by molar-refractivity contribution is 0.147. The molecule has 1 atom stereocenters. The summed E-state index contributed by atoms with van der Waals surface area (Å²) in [7, 11) is 2.15. The number of tetrazole rings is 1. The number of H-pyrrole nitrogens is 1. The van der Waals surface area contributed by atoms with Crippen molar-refractivity contribution in [3.8, 4) is 0 Å². The Morgan fingerprint density at radius 2 is 1.75 bits per heavy atom. The molecule has 0 radical (unpaired) electrons. The van der Waals surface area contributed by atoms with Crippen molar-refractivity contribution in [3.05, 3.63) is 51.1 Å². The van der Waals surface area contributed by atoms with Crippen molar-refractivity contribution in [1.29, 1.82) is 0 Å². The molecule has 0 bridgehead atoms. The molecular weight excluding hydrogens is 400 g/mol. The highest BCUT2D eigenvalue weighted by atomic mass is 16.1. The molecule has 2 fully saturated rings. The van der Waals surface area contributed by atoms with Crippen LogP contribution in [0.1, 0.15) is 92.4 Å².